The second-order valence-corrected chi connectivity index (χ2v) is 3.59. The Morgan fingerprint density at radius 3 is 2.75 bits per heavy atom. The maximum absolute atomic E-state index is 13.0. The van der Waals surface area contributed by atoms with Crippen molar-refractivity contribution in [2.24, 2.45) is 5.73 Å². The summed E-state index contributed by atoms with van der Waals surface area (Å²) in [4.78, 5) is 17.6. The zero-order valence-corrected chi connectivity index (χ0v) is 9.91. The number of hydrogen-bond donors (Lipinski definition) is 2. The summed E-state index contributed by atoms with van der Waals surface area (Å²) in [6.45, 7) is 0. The molecule has 2 aromatic rings. The molecule has 0 unspecified atom stereocenters. The smallest absolute Gasteiger partial charge is 0.314 e. The molecule has 1 aromatic heterocycles. The molecule has 0 aliphatic rings. The zero-order valence-electron chi connectivity index (χ0n) is 9.91. The molecule has 2 rings (SSSR count). The first kappa shape index (κ1) is 13.3. The molecule has 0 spiro atoms. The Morgan fingerprint density at radius 2 is 2.10 bits per heavy atom. The van der Waals surface area contributed by atoms with Crippen LogP contribution >= 0.6 is 0 Å². The van der Waals surface area contributed by atoms with E-state index in [-0.39, 0.29) is 17.3 Å². The van der Waals surface area contributed by atoms with Crippen LogP contribution in [0.4, 0.5) is 10.1 Å². The Morgan fingerprint density at radius 1 is 1.40 bits per heavy atom. The lowest BCUT2D eigenvalue weighted by atomic mass is 10.3. The lowest BCUT2D eigenvalue weighted by Gasteiger charge is -2.08. The van der Waals surface area contributed by atoms with E-state index in [1.807, 2.05) is 0 Å². The highest BCUT2D eigenvalue weighted by Crippen LogP contribution is 2.31. The first-order valence-electron chi connectivity index (χ1n) is 5.26. The van der Waals surface area contributed by atoms with Crippen LogP contribution in [0.3, 0.4) is 0 Å². The monoisotopic (exact) mass is 277 g/mol. The SMILES string of the molecule is N=C(N)c1nccnc1Oc1ccc(F)cc1[N+](=O)[O-]. The average molecular weight is 277 g/mol. The second-order valence-electron chi connectivity index (χ2n) is 3.59. The summed E-state index contributed by atoms with van der Waals surface area (Å²) in [5, 5.41) is 18.2. The van der Waals surface area contributed by atoms with Crippen molar-refractivity contribution in [2.75, 3.05) is 0 Å². The van der Waals surface area contributed by atoms with E-state index in [2.05, 4.69) is 9.97 Å². The summed E-state index contributed by atoms with van der Waals surface area (Å²) >= 11 is 0. The van der Waals surface area contributed by atoms with E-state index in [1.54, 1.807) is 0 Å². The lowest BCUT2D eigenvalue weighted by Crippen LogP contribution is -2.15. The molecule has 0 atom stereocenters. The van der Waals surface area contributed by atoms with Gasteiger partial charge in [-0.15, -0.1) is 0 Å². The molecule has 0 bridgehead atoms. The van der Waals surface area contributed by atoms with Gasteiger partial charge in [0, 0.05) is 12.4 Å². The fourth-order valence-corrected chi connectivity index (χ4v) is 1.41. The number of nitrogens with zero attached hydrogens (tertiary/aromatic N) is 3. The predicted octanol–water partition coefficient (Wildman–Crippen LogP) is 1.60. The highest BCUT2D eigenvalue weighted by molar-refractivity contribution is 5.95. The Kier molecular flexibility index (Phi) is 3.51. The van der Waals surface area contributed by atoms with Crippen LogP contribution in [0.25, 0.3) is 0 Å². The highest BCUT2D eigenvalue weighted by Gasteiger charge is 2.19. The van der Waals surface area contributed by atoms with Crippen molar-refractivity contribution in [3.05, 3.63) is 52.2 Å². The number of aromatic nitrogens is 2. The molecule has 20 heavy (non-hydrogen) atoms. The van der Waals surface area contributed by atoms with E-state index in [0.29, 0.717) is 0 Å². The molecule has 0 aliphatic carbocycles. The third kappa shape index (κ3) is 2.66. The number of nitrogens with two attached hydrogens (primary N) is 1. The van der Waals surface area contributed by atoms with E-state index < -0.39 is 22.3 Å². The van der Waals surface area contributed by atoms with Crippen molar-refractivity contribution in [2.45, 2.75) is 0 Å². The van der Waals surface area contributed by atoms with E-state index in [0.717, 1.165) is 18.2 Å². The van der Waals surface area contributed by atoms with Crippen LogP contribution in [0.15, 0.2) is 30.6 Å². The fourth-order valence-electron chi connectivity index (χ4n) is 1.41. The number of nitro benzene ring substituents is 1. The van der Waals surface area contributed by atoms with Crippen LogP contribution in [-0.4, -0.2) is 20.7 Å². The van der Waals surface area contributed by atoms with Gasteiger partial charge in [0.15, 0.2) is 5.69 Å². The summed E-state index contributed by atoms with van der Waals surface area (Å²) in [5.74, 6) is -1.57. The van der Waals surface area contributed by atoms with Crippen LogP contribution in [-0.2, 0) is 0 Å². The zero-order chi connectivity index (χ0) is 14.7. The van der Waals surface area contributed by atoms with Crippen LogP contribution in [0, 0.1) is 21.3 Å². The number of nitro groups is 1. The van der Waals surface area contributed by atoms with Gasteiger partial charge in [0.1, 0.15) is 11.7 Å². The number of amidine groups is 1. The van der Waals surface area contributed by atoms with Crippen molar-refractivity contribution in [1.82, 2.24) is 9.97 Å². The van der Waals surface area contributed by atoms with Gasteiger partial charge in [0.25, 0.3) is 0 Å². The number of halogens is 1. The summed E-state index contributed by atoms with van der Waals surface area (Å²) in [7, 11) is 0. The Bertz CT molecular complexity index is 692. The van der Waals surface area contributed by atoms with Crippen molar-refractivity contribution in [3.8, 4) is 11.6 Å². The molecule has 1 heterocycles. The maximum Gasteiger partial charge on any atom is 0.314 e. The van der Waals surface area contributed by atoms with Crippen molar-refractivity contribution < 1.29 is 14.1 Å². The number of nitrogen functional groups attached to an aromatic ring is 1. The molecule has 8 nitrogen and oxygen atoms in total. The Hall–Kier alpha value is -3.10. The maximum atomic E-state index is 13.0. The fraction of sp³-hybridized carbons (Fsp3) is 0. The third-order valence-corrected chi connectivity index (χ3v) is 2.24. The van der Waals surface area contributed by atoms with Crippen LogP contribution < -0.4 is 10.5 Å². The van der Waals surface area contributed by atoms with E-state index >= 15 is 0 Å². The third-order valence-electron chi connectivity index (χ3n) is 2.24. The molecule has 0 aliphatic heterocycles. The van der Waals surface area contributed by atoms with Crippen molar-refractivity contribution in [3.63, 3.8) is 0 Å². The second kappa shape index (κ2) is 5.26. The van der Waals surface area contributed by atoms with Crippen LogP contribution in [0.1, 0.15) is 5.69 Å². The molecule has 0 amide bonds. The molecule has 0 fully saturated rings. The van der Waals surface area contributed by atoms with Crippen molar-refractivity contribution >= 4 is 11.5 Å². The molecule has 0 saturated carbocycles. The van der Waals surface area contributed by atoms with Crippen molar-refractivity contribution in [1.29, 1.82) is 5.41 Å². The van der Waals surface area contributed by atoms with Gasteiger partial charge < -0.3 is 10.5 Å². The van der Waals surface area contributed by atoms with Crippen LogP contribution in [0.2, 0.25) is 0 Å². The standard InChI is InChI=1S/C11H8FN5O3/c12-6-1-2-8(7(5-6)17(18)19)20-11-9(10(13)14)15-3-4-16-11/h1-5H,(H3,13,14). The van der Waals surface area contributed by atoms with Gasteiger partial charge in [-0.05, 0) is 12.1 Å². The van der Waals surface area contributed by atoms with Gasteiger partial charge in [0.05, 0.1) is 11.0 Å². The minimum Gasteiger partial charge on any atom is -0.430 e. The molecule has 9 heteroatoms. The summed E-state index contributed by atoms with van der Waals surface area (Å²) in [6.07, 6.45) is 2.57. The quantitative estimate of drug-likeness (QED) is 0.378. The molecule has 102 valence electrons. The van der Waals surface area contributed by atoms with E-state index in [9.17, 15) is 14.5 Å². The summed E-state index contributed by atoms with van der Waals surface area (Å²) in [5.41, 5.74) is 4.67. The van der Waals surface area contributed by atoms with Gasteiger partial charge >= 0.3 is 5.69 Å². The van der Waals surface area contributed by atoms with Crippen LogP contribution in [0.5, 0.6) is 11.6 Å². The minimum absolute atomic E-state index is 0.0638. The molecule has 3 N–H and O–H groups in total. The van der Waals surface area contributed by atoms with Gasteiger partial charge in [-0.3, -0.25) is 15.5 Å². The molecule has 0 saturated heterocycles. The number of benzene rings is 1. The number of rotatable bonds is 4. The highest BCUT2D eigenvalue weighted by atomic mass is 19.1. The first-order chi connectivity index (χ1) is 9.49. The minimum atomic E-state index is -0.789. The predicted molar refractivity (Wildman–Crippen MR) is 66.2 cm³/mol. The normalized spacial score (nSPS) is 10.1. The molecule has 0 radical (unpaired) electrons. The number of hydrogen-bond acceptors (Lipinski definition) is 6. The Labute approximate surface area is 111 Å². The number of nitrogens with one attached hydrogen (secondary N) is 1. The van der Waals surface area contributed by atoms with Gasteiger partial charge in [-0.2, -0.15) is 0 Å². The topological polar surface area (TPSA) is 128 Å². The Balaban J connectivity index is 2.45. The molecular weight excluding hydrogens is 269 g/mol. The van der Waals surface area contributed by atoms with Gasteiger partial charge in [-0.25, -0.2) is 14.4 Å². The molecule has 1 aromatic carbocycles. The summed E-state index contributed by atoms with van der Waals surface area (Å²) in [6, 6.07) is 2.82. The lowest BCUT2D eigenvalue weighted by molar-refractivity contribution is -0.385. The van der Waals surface area contributed by atoms with E-state index in [1.165, 1.54) is 12.4 Å². The number of ether oxygens (including phenoxy) is 1. The van der Waals surface area contributed by atoms with Gasteiger partial charge in [0.2, 0.25) is 11.6 Å². The average Bonchev–Trinajstić information content (AvgIpc) is 2.41. The first-order valence-corrected chi connectivity index (χ1v) is 5.26. The largest absolute Gasteiger partial charge is 0.430 e. The summed E-state index contributed by atoms with van der Waals surface area (Å²) < 4.78 is 18.2. The molecular formula is C11H8FN5O3. The van der Waals surface area contributed by atoms with Gasteiger partial charge in [-0.1, -0.05) is 0 Å². The van der Waals surface area contributed by atoms with E-state index in [4.69, 9.17) is 15.9 Å².